The van der Waals surface area contributed by atoms with Gasteiger partial charge in [0.05, 0.1) is 22.5 Å². The first-order valence-corrected chi connectivity index (χ1v) is 11.8. The molecule has 2 aromatic heterocycles. The molecule has 0 saturated carbocycles. The Morgan fingerprint density at radius 3 is 2.33 bits per heavy atom. The van der Waals surface area contributed by atoms with Gasteiger partial charge in [-0.2, -0.15) is 0 Å². The Bertz CT molecular complexity index is 1440. The Balaban J connectivity index is 1.47. The summed E-state index contributed by atoms with van der Waals surface area (Å²) >= 11 is 1.43. The van der Waals surface area contributed by atoms with E-state index in [1.54, 1.807) is 0 Å². The average molecular weight is 450 g/mol. The van der Waals surface area contributed by atoms with Crippen molar-refractivity contribution in [3.05, 3.63) is 101 Å². The SMILES string of the molecule is CCc1ccc(-c2csc(NC(=O)c3cc(-c4ccc(C)cc4)nc4ccccc34)n2)cc1. The summed E-state index contributed by atoms with van der Waals surface area (Å²) in [6.45, 7) is 4.19. The summed E-state index contributed by atoms with van der Waals surface area (Å²) in [4.78, 5) is 22.8. The highest BCUT2D eigenvalue weighted by molar-refractivity contribution is 7.14. The molecule has 0 saturated heterocycles. The molecule has 0 spiro atoms. The Labute approximate surface area is 197 Å². The molecule has 0 unspecified atom stereocenters. The van der Waals surface area contributed by atoms with Gasteiger partial charge in [-0.1, -0.05) is 79.2 Å². The van der Waals surface area contributed by atoms with E-state index in [4.69, 9.17) is 4.98 Å². The summed E-state index contributed by atoms with van der Waals surface area (Å²) in [6.07, 6.45) is 1.00. The van der Waals surface area contributed by atoms with Gasteiger partial charge in [0, 0.05) is 21.9 Å². The molecule has 0 fully saturated rings. The zero-order valence-electron chi connectivity index (χ0n) is 18.5. The summed E-state index contributed by atoms with van der Waals surface area (Å²) in [7, 11) is 0. The fraction of sp³-hybridized carbons (Fsp3) is 0.107. The number of para-hydroxylation sites is 1. The second kappa shape index (κ2) is 8.96. The fourth-order valence-electron chi connectivity index (χ4n) is 3.77. The number of hydrogen-bond acceptors (Lipinski definition) is 4. The number of thiazole rings is 1. The van der Waals surface area contributed by atoms with Crippen LogP contribution < -0.4 is 5.32 Å². The fourth-order valence-corrected chi connectivity index (χ4v) is 4.49. The van der Waals surface area contributed by atoms with Crippen LogP contribution in [0, 0.1) is 6.92 Å². The zero-order valence-corrected chi connectivity index (χ0v) is 19.3. The van der Waals surface area contributed by atoms with Crippen molar-refractivity contribution in [3.63, 3.8) is 0 Å². The lowest BCUT2D eigenvalue weighted by Crippen LogP contribution is -2.13. The van der Waals surface area contributed by atoms with E-state index >= 15 is 0 Å². The first kappa shape index (κ1) is 21.0. The van der Waals surface area contributed by atoms with E-state index < -0.39 is 0 Å². The molecule has 1 amide bonds. The van der Waals surface area contributed by atoms with Crippen LogP contribution in [0.1, 0.15) is 28.4 Å². The third-order valence-electron chi connectivity index (χ3n) is 5.69. The number of nitrogens with one attached hydrogen (secondary N) is 1. The predicted molar refractivity (Wildman–Crippen MR) is 137 cm³/mol. The van der Waals surface area contributed by atoms with Crippen LogP contribution in [0.4, 0.5) is 5.13 Å². The molecule has 5 rings (SSSR count). The molecule has 1 N–H and O–H groups in total. The molecule has 0 radical (unpaired) electrons. The van der Waals surface area contributed by atoms with E-state index in [1.807, 2.05) is 47.8 Å². The maximum absolute atomic E-state index is 13.3. The average Bonchev–Trinajstić information content (AvgIpc) is 3.32. The zero-order chi connectivity index (χ0) is 22.8. The summed E-state index contributed by atoms with van der Waals surface area (Å²) in [5.41, 5.74) is 7.50. The van der Waals surface area contributed by atoms with Crippen molar-refractivity contribution in [2.75, 3.05) is 5.32 Å². The van der Waals surface area contributed by atoms with Crippen molar-refractivity contribution < 1.29 is 4.79 Å². The van der Waals surface area contributed by atoms with E-state index in [0.717, 1.165) is 39.8 Å². The number of carbonyl (C=O) groups is 1. The lowest BCUT2D eigenvalue weighted by molar-refractivity contribution is 0.102. The monoisotopic (exact) mass is 449 g/mol. The van der Waals surface area contributed by atoms with Gasteiger partial charge in [0.15, 0.2) is 5.13 Å². The molecule has 3 aromatic carbocycles. The van der Waals surface area contributed by atoms with Crippen LogP contribution in [-0.4, -0.2) is 15.9 Å². The van der Waals surface area contributed by atoms with Gasteiger partial charge in [-0.3, -0.25) is 10.1 Å². The molecule has 5 heteroatoms. The van der Waals surface area contributed by atoms with Crippen LogP contribution >= 0.6 is 11.3 Å². The second-order valence-corrected chi connectivity index (χ2v) is 8.84. The third-order valence-corrected chi connectivity index (χ3v) is 6.45. The topological polar surface area (TPSA) is 54.9 Å². The number of benzene rings is 3. The normalized spacial score (nSPS) is 11.0. The van der Waals surface area contributed by atoms with E-state index in [0.29, 0.717) is 10.7 Å². The third kappa shape index (κ3) is 4.41. The number of nitrogens with zero attached hydrogens (tertiary/aromatic N) is 2. The molecule has 33 heavy (non-hydrogen) atoms. The molecule has 0 atom stereocenters. The van der Waals surface area contributed by atoms with Crippen molar-refractivity contribution in [2.45, 2.75) is 20.3 Å². The number of rotatable bonds is 5. The van der Waals surface area contributed by atoms with Crippen LogP contribution in [0.25, 0.3) is 33.4 Å². The van der Waals surface area contributed by atoms with Crippen molar-refractivity contribution in [1.82, 2.24) is 9.97 Å². The van der Waals surface area contributed by atoms with Gasteiger partial charge in [0.25, 0.3) is 5.91 Å². The Morgan fingerprint density at radius 2 is 1.58 bits per heavy atom. The quantitative estimate of drug-likeness (QED) is 0.310. The van der Waals surface area contributed by atoms with Crippen molar-refractivity contribution in [2.24, 2.45) is 0 Å². The van der Waals surface area contributed by atoms with Gasteiger partial charge in [-0.25, -0.2) is 9.97 Å². The standard InChI is InChI=1S/C28H23N3OS/c1-3-19-10-14-21(15-11-19)26-17-33-28(30-26)31-27(32)23-16-25(20-12-8-18(2)9-13-20)29-24-7-5-4-6-22(23)24/h4-17H,3H2,1-2H3,(H,30,31,32). The minimum atomic E-state index is -0.191. The number of carbonyl (C=O) groups excluding carboxylic acids is 1. The highest BCUT2D eigenvalue weighted by Crippen LogP contribution is 2.28. The highest BCUT2D eigenvalue weighted by Gasteiger charge is 2.16. The summed E-state index contributed by atoms with van der Waals surface area (Å²) in [5.74, 6) is -0.191. The molecule has 0 aliphatic carbocycles. The Hall–Kier alpha value is -3.83. The van der Waals surface area contributed by atoms with Gasteiger partial charge in [0.2, 0.25) is 0 Å². The van der Waals surface area contributed by atoms with E-state index in [9.17, 15) is 4.79 Å². The number of aromatic nitrogens is 2. The first-order chi connectivity index (χ1) is 16.1. The molecule has 0 aliphatic heterocycles. The second-order valence-electron chi connectivity index (χ2n) is 7.98. The number of fused-ring (bicyclic) bond motifs is 1. The van der Waals surface area contributed by atoms with Crippen LogP contribution in [0.15, 0.2) is 84.2 Å². The maximum atomic E-state index is 13.3. The number of aryl methyl sites for hydroxylation is 2. The molecular weight excluding hydrogens is 426 g/mol. The lowest BCUT2D eigenvalue weighted by atomic mass is 10.0. The lowest BCUT2D eigenvalue weighted by Gasteiger charge is -2.10. The van der Waals surface area contributed by atoms with Crippen LogP contribution in [0.5, 0.6) is 0 Å². The van der Waals surface area contributed by atoms with Crippen molar-refractivity contribution in [3.8, 4) is 22.5 Å². The number of anilines is 1. The summed E-state index contributed by atoms with van der Waals surface area (Å²) < 4.78 is 0. The van der Waals surface area contributed by atoms with Gasteiger partial charge in [-0.15, -0.1) is 11.3 Å². The molecule has 4 nitrogen and oxygen atoms in total. The van der Waals surface area contributed by atoms with Gasteiger partial charge in [-0.05, 0) is 31.0 Å². The molecule has 0 bridgehead atoms. The van der Waals surface area contributed by atoms with Crippen LogP contribution in [0.3, 0.4) is 0 Å². The van der Waals surface area contributed by atoms with Crippen LogP contribution in [0.2, 0.25) is 0 Å². The predicted octanol–water partition coefficient (Wildman–Crippen LogP) is 7.15. The molecule has 0 aliphatic rings. The first-order valence-electron chi connectivity index (χ1n) is 10.9. The maximum Gasteiger partial charge on any atom is 0.258 e. The number of hydrogen-bond donors (Lipinski definition) is 1. The van der Waals surface area contributed by atoms with Gasteiger partial charge < -0.3 is 0 Å². The van der Waals surface area contributed by atoms with Crippen molar-refractivity contribution in [1.29, 1.82) is 0 Å². The molecule has 5 aromatic rings. The van der Waals surface area contributed by atoms with E-state index in [1.165, 1.54) is 22.5 Å². The summed E-state index contributed by atoms with van der Waals surface area (Å²) in [5, 5.41) is 6.36. The van der Waals surface area contributed by atoms with Gasteiger partial charge >= 0.3 is 0 Å². The Kier molecular flexibility index (Phi) is 5.71. The molecule has 162 valence electrons. The van der Waals surface area contributed by atoms with E-state index in [2.05, 4.69) is 60.5 Å². The smallest absolute Gasteiger partial charge is 0.258 e. The summed E-state index contributed by atoms with van der Waals surface area (Å²) in [6, 6.07) is 26.1. The van der Waals surface area contributed by atoms with Crippen LogP contribution in [-0.2, 0) is 6.42 Å². The molecule has 2 heterocycles. The van der Waals surface area contributed by atoms with E-state index in [-0.39, 0.29) is 5.91 Å². The highest BCUT2D eigenvalue weighted by atomic mass is 32.1. The number of pyridine rings is 1. The minimum Gasteiger partial charge on any atom is -0.298 e. The largest absolute Gasteiger partial charge is 0.298 e. The molecular formula is C28H23N3OS. The number of amides is 1. The van der Waals surface area contributed by atoms with Crippen molar-refractivity contribution >= 4 is 33.3 Å². The van der Waals surface area contributed by atoms with Gasteiger partial charge in [0.1, 0.15) is 0 Å². The minimum absolute atomic E-state index is 0.191. The Morgan fingerprint density at radius 1 is 0.879 bits per heavy atom.